The maximum Gasteiger partial charge on any atom is 0.211 e. The Labute approximate surface area is 86.7 Å². The molecule has 0 unspecified atom stereocenters. The molecule has 0 aromatic heterocycles. The van der Waals surface area contributed by atoms with Gasteiger partial charge < -0.3 is 5.32 Å². The standard InChI is InChI=1S/C9H20N2O2S/c1-10-8-4-6-9(7-5-8)11(2)14(3,12)13/h8-10H,4-7H2,1-3H3. The Bertz CT molecular complexity index is 269. The lowest BCUT2D eigenvalue weighted by Gasteiger charge is -2.33. The van der Waals surface area contributed by atoms with Gasteiger partial charge in [-0.2, -0.15) is 0 Å². The molecule has 0 aromatic rings. The normalized spacial score (nSPS) is 29.4. The van der Waals surface area contributed by atoms with Gasteiger partial charge in [0.2, 0.25) is 10.0 Å². The van der Waals surface area contributed by atoms with E-state index in [9.17, 15) is 8.42 Å². The van der Waals surface area contributed by atoms with Crippen LogP contribution >= 0.6 is 0 Å². The fourth-order valence-electron chi connectivity index (χ4n) is 2.00. The first-order chi connectivity index (χ1) is 6.45. The van der Waals surface area contributed by atoms with Crippen LogP contribution in [0, 0.1) is 0 Å². The quantitative estimate of drug-likeness (QED) is 0.749. The molecule has 14 heavy (non-hydrogen) atoms. The molecular weight excluding hydrogens is 200 g/mol. The first-order valence-corrected chi connectivity index (χ1v) is 6.90. The van der Waals surface area contributed by atoms with Gasteiger partial charge in [0, 0.05) is 19.1 Å². The SMILES string of the molecule is CNC1CCC(N(C)S(C)(=O)=O)CC1. The molecule has 0 amide bonds. The maximum absolute atomic E-state index is 11.3. The first-order valence-electron chi connectivity index (χ1n) is 5.05. The lowest BCUT2D eigenvalue weighted by molar-refractivity contribution is 0.256. The van der Waals surface area contributed by atoms with Gasteiger partial charge in [-0.3, -0.25) is 0 Å². The molecule has 1 saturated carbocycles. The molecule has 1 aliphatic carbocycles. The zero-order chi connectivity index (χ0) is 10.8. The van der Waals surface area contributed by atoms with Crippen LogP contribution in [0.2, 0.25) is 0 Å². The number of sulfonamides is 1. The Morgan fingerprint density at radius 2 is 1.71 bits per heavy atom. The third kappa shape index (κ3) is 2.93. The predicted molar refractivity (Wildman–Crippen MR) is 57.7 cm³/mol. The van der Waals surface area contributed by atoms with E-state index in [4.69, 9.17) is 0 Å². The summed E-state index contributed by atoms with van der Waals surface area (Å²) in [5, 5.41) is 3.23. The largest absolute Gasteiger partial charge is 0.317 e. The van der Waals surface area contributed by atoms with Crippen molar-refractivity contribution < 1.29 is 8.42 Å². The van der Waals surface area contributed by atoms with Gasteiger partial charge in [0.25, 0.3) is 0 Å². The number of hydrogen-bond donors (Lipinski definition) is 1. The molecule has 0 atom stereocenters. The smallest absolute Gasteiger partial charge is 0.211 e. The van der Waals surface area contributed by atoms with Crippen LogP contribution in [0.15, 0.2) is 0 Å². The molecular formula is C9H20N2O2S. The van der Waals surface area contributed by atoms with Crippen molar-refractivity contribution in [2.75, 3.05) is 20.4 Å². The van der Waals surface area contributed by atoms with Crippen LogP contribution in [-0.4, -0.2) is 45.2 Å². The van der Waals surface area contributed by atoms with Gasteiger partial charge in [0.05, 0.1) is 6.26 Å². The van der Waals surface area contributed by atoms with Gasteiger partial charge in [-0.05, 0) is 32.7 Å². The van der Waals surface area contributed by atoms with E-state index >= 15 is 0 Å². The van der Waals surface area contributed by atoms with E-state index in [1.54, 1.807) is 7.05 Å². The van der Waals surface area contributed by atoms with Gasteiger partial charge in [0.15, 0.2) is 0 Å². The Morgan fingerprint density at radius 1 is 1.21 bits per heavy atom. The second-order valence-electron chi connectivity index (χ2n) is 4.07. The Balaban J connectivity index is 2.50. The van der Waals surface area contributed by atoms with Crippen molar-refractivity contribution >= 4 is 10.0 Å². The molecule has 0 aromatic carbocycles. The molecule has 4 nitrogen and oxygen atoms in total. The molecule has 84 valence electrons. The summed E-state index contributed by atoms with van der Waals surface area (Å²) in [6, 6.07) is 0.772. The zero-order valence-electron chi connectivity index (χ0n) is 9.16. The third-order valence-corrected chi connectivity index (χ3v) is 4.49. The van der Waals surface area contributed by atoms with Crippen molar-refractivity contribution in [1.29, 1.82) is 0 Å². The second kappa shape index (κ2) is 4.59. The minimum Gasteiger partial charge on any atom is -0.317 e. The van der Waals surface area contributed by atoms with Crippen molar-refractivity contribution in [3.8, 4) is 0 Å². The van der Waals surface area contributed by atoms with Gasteiger partial charge >= 0.3 is 0 Å². The summed E-state index contributed by atoms with van der Waals surface area (Å²) in [6.07, 6.45) is 5.35. The minimum atomic E-state index is -3.01. The topological polar surface area (TPSA) is 49.4 Å². The van der Waals surface area contributed by atoms with Crippen LogP contribution in [0.4, 0.5) is 0 Å². The molecule has 1 fully saturated rings. The molecule has 0 heterocycles. The highest BCUT2D eigenvalue weighted by Gasteiger charge is 2.27. The van der Waals surface area contributed by atoms with Crippen LogP contribution in [0.3, 0.4) is 0 Å². The van der Waals surface area contributed by atoms with Crippen LogP contribution < -0.4 is 5.32 Å². The average molecular weight is 220 g/mol. The predicted octanol–water partition coefficient (Wildman–Crippen LogP) is 0.408. The summed E-state index contributed by atoms with van der Waals surface area (Å²) in [7, 11) is 0.630. The van der Waals surface area contributed by atoms with E-state index in [2.05, 4.69) is 5.32 Å². The number of nitrogens with zero attached hydrogens (tertiary/aromatic N) is 1. The first kappa shape index (κ1) is 11.9. The maximum atomic E-state index is 11.3. The van der Waals surface area contributed by atoms with Crippen LogP contribution in [0.25, 0.3) is 0 Å². The molecule has 0 radical (unpaired) electrons. The molecule has 1 aliphatic rings. The highest BCUT2D eigenvalue weighted by Crippen LogP contribution is 2.23. The Kier molecular flexibility index (Phi) is 3.92. The molecule has 0 saturated heterocycles. The summed E-state index contributed by atoms with van der Waals surface area (Å²) in [5.74, 6) is 0. The Morgan fingerprint density at radius 3 is 2.07 bits per heavy atom. The van der Waals surface area contributed by atoms with E-state index in [1.807, 2.05) is 7.05 Å². The van der Waals surface area contributed by atoms with Crippen LogP contribution in [0.5, 0.6) is 0 Å². The summed E-state index contributed by atoms with van der Waals surface area (Å²) in [6.45, 7) is 0. The average Bonchev–Trinajstić information content (AvgIpc) is 2.15. The molecule has 1 N–H and O–H groups in total. The molecule has 0 bridgehead atoms. The second-order valence-corrected chi connectivity index (χ2v) is 6.12. The third-order valence-electron chi connectivity index (χ3n) is 3.14. The van der Waals surface area contributed by atoms with E-state index in [0.29, 0.717) is 6.04 Å². The molecule has 1 rings (SSSR count). The summed E-state index contributed by atoms with van der Waals surface area (Å²) >= 11 is 0. The highest BCUT2D eigenvalue weighted by molar-refractivity contribution is 7.88. The lowest BCUT2D eigenvalue weighted by atomic mass is 9.91. The molecule has 0 aliphatic heterocycles. The van der Waals surface area contributed by atoms with Crippen molar-refractivity contribution in [3.63, 3.8) is 0 Å². The highest BCUT2D eigenvalue weighted by atomic mass is 32.2. The molecule has 5 heteroatoms. The van der Waals surface area contributed by atoms with Gasteiger partial charge in [-0.15, -0.1) is 0 Å². The van der Waals surface area contributed by atoms with Crippen molar-refractivity contribution in [2.45, 2.75) is 37.8 Å². The van der Waals surface area contributed by atoms with Crippen molar-refractivity contribution in [2.24, 2.45) is 0 Å². The number of hydrogen-bond acceptors (Lipinski definition) is 3. The van der Waals surface area contributed by atoms with Crippen molar-refractivity contribution in [1.82, 2.24) is 9.62 Å². The summed E-state index contributed by atoms with van der Waals surface area (Å²) in [5.41, 5.74) is 0. The van der Waals surface area contributed by atoms with Gasteiger partial charge in [-0.25, -0.2) is 12.7 Å². The van der Waals surface area contributed by atoms with Gasteiger partial charge in [-0.1, -0.05) is 0 Å². The number of nitrogens with one attached hydrogen (secondary N) is 1. The Hall–Kier alpha value is -0.130. The lowest BCUT2D eigenvalue weighted by Crippen LogP contribution is -2.42. The van der Waals surface area contributed by atoms with E-state index in [-0.39, 0.29) is 6.04 Å². The van der Waals surface area contributed by atoms with Crippen LogP contribution in [-0.2, 0) is 10.0 Å². The summed E-state index contributed by atoms with van der Waals surface area (Å²) < 4.78 is 24.1. The monoisotopic (exact) mass is 220 g/mol. The summed E-state index contributed by atoms with van der Waals surface area (Å²) in [4.78, 5) is 0. The van der Waals surface area contributed by atoms with E-state index in [0.717, 1.165) is 25.7 Å². The minimum absolute atomic E-state index is 0.203. The fourth-order valence-corrected chi connectivity index (χ4v) is 2.75. The zero-order valence-corrected chi connectivity index (χ0v) is 9.97. The number of rotatable bonds is 3. The van der Waals surface area contributed by atoms with E-state index < -0.39 is 10.0 Å². The van der Waals surface area contributed by atoms with E-state index in [1.165, 1.54) is 10.6 Å². The van der Waals surface area contributed by atoms with Crippen molar-refractivity contribution in [3.05, 3.63) is 0 Å². The fraction of sp³-hybridized carbons (Fsp3) is 1.00. The molecule has 0 spiro atoms. The van der Waals surface area contributed by atoms with Gasteiger partial charge in [0.1, 0.15) is 0 Å². The van der Waals surface area contributed by atoms with Crippen LogP contribution in [0.1, 0.15) is 25.7 Å².